The maximum Gasteiger partial charge on any atom is 0.205 e. The number of hydrogen-bond acceptors (Lipinski definition) is 3. The lowest BCUT2D eigenvalue weighted by molar-refractivity contribution is -0.334. The first kappa shape index (κ1) is 18.7. The van der Waals surface area contributed by atoms with Crippen LogP contribution in [0.25, 0.3) is 22.3 Å². The van der Waals surface area contributed by atoms with Gasteiger partial charge in [0.05, 0.1) is 0 Å². The molecule has 3 aromatic rings. The summed E-state index contributed by atoms with van der Waals surface area (Å²) in [5.41, 5.74) is 6.21. The molecule has 1 aliphatic heterocycles. The molecule has 1 N–H and O–H groups in total. The molecule has 144 valence electrons. The van der Waals surface area contributed by atoms with E-state index in [4.69, 9.17) is 9.78 Å². The second-order valence-electron chi connectivity index (χ2n) is 8.12. The first-order valence-electron chi connectivity index (χ1n) is 9.81. The van der Waals surface area contributed by atoms with E-state index in [1.807, 2.05) is 32.0 Å². The van der Waals surface area contributed by atoms with Crippen molar-refractivity contribution in [1.82, 2.24) is 0 Å². The molecule has 0 spiro atoms. The number of rotatable bonds is 2. The van der Waals surface area contributed by atoms with Crippen molar-refractivity contribution in [2.45, 2.75) is 39.9 Å². The van der Waals surface area contributed by atoms with Gasteiger partial charge in [-0.3, -0.25) is 0 Å². The molecule has 1 unspecified atom stereocenters. The summed E-state index contributed by atoms with van der Waals surface area (Å²) in [6.45, 7) is 6.11. The fourth-order valence-electron chi connectivity index (χ4n) is 3.68. The summed E-state index contributed by atoms with van der Waals surface area (Å²) >= 11 is 0. The largest absolute Gasteiger partial charge is 0.364 e. The van der Waals surface area contributed by atoms with Gasteiger partial charge in [-0.15, -0.1) is 0 Å². The number of benzene rings is 3. The van der Waals surface area contributed by atoms with E-state index in [1.54, 1.807) is 0 Å². The van der Waals surface area contributed by atoms with E-state index in [1.165, 1.54) is 11.1 Å². The molecule has 28 heavy (non-hydrogen) atoms. The third-order valence-electron chi connectivity index (χ3n) is 5.53. The highest BCUT2D eigenvalue weighted by Crippen LogP contribution is 2.39. The van der Waals surface area contributed by atoms with Gasteiger partial charge in [0.2, 0.25) is 6.29 Å². The molecule has 1 atom stereocenters. The van der Waals surface area contributed by atoms with Crippen LogP contribution in [0.1, 0.15) is 31.9 Å². The van der Waals surface area contributed by atoms with E-state index >= 15 is 0 Å². The van der Waals surface area contributed by atoms with Crippen molar-refractivity contribution in [3.8, 4) is 28.0 Å². The van der Waals surface area contributed by atoms with E-state index in [0.29, 0.717) is 12.2 Å². The van der Waals surface area contributed by atoms with Crippen molar-refractivity contribution in [1.29, 1.82) is 0 Å². The molecule has 3 heteroatoms. The number of aliphatic hydroxyl groups excluding tert-OH is 1. The summed E-state index contributed by atoms with van der Waals surface area (Å²) in [5.74, 6) is 0.605. The molecule has 4 rings (SSSR count). The van der Waals surface area contributed by atoms with Crippen LogP contribution in [0.2, 0.25) is 0 Å². The van der Waals surface area contributed by atoms with E-state index in [-0.39, 0.29) is 0 Å². The molecule has 0 fully saturated rings. The summed E-state index contributed by atoms with van der Waals surface area (Å²) in [7, 11) is 0. The highest BCUT2D eigenvalue weighted by molar-refractivity contribution is 5.77. The zero-order valence-electron chi connectivity index (χ0n) is 16.6. The number of hydrogen-bond donors (Lipinski definition) is 1. The quantitative estimate of drug-likeness (QED) is 0.577. The summed E-state index contributed by atoms with van der Waals surface area (Å²) in [5, 5.41) is 10.6. The van der Waals surface area contributed by atoms with Crippen molar-refractivity contribution in [3.05, 3.63) is 77.9 Å². The second-order valence-corrected chi connectivity index (χ2v) is 8.12. The lowest BCUT2D eigenvalue weighted by atomic mass is 9.82. The predicted molar refractivity (Wildman–Crippen MR) is 112 cm³/mol. The van der Waals surface area contributed by atoms with Crippen molar-refractivity contribution >= 4 is 0 Å². The minimum atomic E-state index is -1.04. The molecule has 0 radical (unpaired) electrons. The molecule has 1 heterocycles. The number of fused-ring (bicyclic) bond motifs is 4. The summed E-state index contributed by atoms with van der Waals surface area (Å²) in [6.07, 6.45) is 0.644. The van der Waals surface area contributed by atoms with Gasteiger partial charge < -0.3 is 9.99 Å². The Morgan fingerprint density at radius 1 is 0.929 bits per heavy atom. The molecule has 3 nitrogen and oxygen atoms in total. The maximum absolute atomic E-state index is 10.6. The zero-order chi connectivity index (χ0) is 19.7. The first-order valence-corrected chi connectivity index (χ1v) is 9.81. The maximum atomic E-state index is 10.6. The number of aryl methyl sites for hydroxylation is 1. The Bertz CT molecular complexity index is 973. The van der Waals surface area contributed by atoms with Crippen LogP contribution in [-0.2, 0) is 17.7 Å². The Morgan fingerprint density at radius 3 is 2.39 bits per heavy atom. The van der Waals surface area contributed by atoms with Gasteiger partial charge in [-0.25, -0.2) is 0 Å². The zero-order valence-corrected chi connectivity index (χ0v) is 16.6. The minimum Gasteiger partial charge on any atom is -0.364 e. The first-order chi connectivity index (χ1) is 13.5. The van der Waals surface area contributed by atoms with Crippen molar-refractivity contribution in [2.75, 3.05) is 0 Å². The van der Waals surface area contributed by atoms with E-state index < -0.39 is 11.7 Å². The van der Waals surface area contributed by atoms with Crippen LogP contribution in [-0.4, -0.2) is 11.4 Å². The van der Waals surface area contributed by atoms with Crippen molar-refractivity contribution < 1.29 is 14.9 Å². The topological polar surface area (TPSA) is 38.7 Å². The standard InChI is InChI=1S/C25H26O3/c1-4-17-9-11-18(12-10-17)22-14-13-19-15-23(22)27-28-24(26)25(2,3)16-20-7-5-6-8-21(19)20/h5-15,24,26H,4,16H2,1-3H3. The summed E-state index contributed by atoms with van der Waals surface area (Å²) < 4.78 is 0. The van der Waals surface area contributed by atoms with Gasteiger partial charge in [0.25, 0.3) is 0 Å². The van der Waals surface area contributed by atoms with Gasteiger partial charge in [-0.05, 0) is 52.8 Å². The van der Waals surface area contributed by atoms with Gasteiger partial charge in [-0.1, -0.05) is 75.4 Å². The highest BCUT2D eigenvalue weighted by Gasteiger charge is 2.32. The fraction of sp³-hybridized carbons (Fsp3) is 0.280. The Hall–Kier alpha value is -2.62. The van der Waals surface area contributed by atoms with Crippen LogP contribution in [0.15, 0.2) is 66.7 Å². The van der Waals surface area contributed by atoms with Gasteiger partial charge in [0.1, 0.15) is 0 Å². The van der Waals surface area contributed by atoms with Crippen LogP contribution in [0, 0.1) is 5.41 Å². The third kappa shape index (κ3) is 3.56. The molecule has 0 aliphatic carbocycles. The van der Waals surface area contributed by atoms with E-state index in [2.05, 4.69) is 55.5 Å². The fourth-order valence-corrected chi connectivity index (χ4v) is 3.68. The molecular weight excluding hydrogens is 348 g/mol. The normalized spacial score (nSPS) is 18.1. The van der Waals surface area contributed by atoms with Gasteiger partial charge in [0.15, 0.2) is 5.75 Å². The van der Waals surface area contributed by atoms with Gasteiger partial charge in [0, 0.05) is 11.0 Å². The average Bonchev–Trinajstić information content (AvgIpc) is 2.71. The lowest BCUT2D eigenvalue weighted by Crippen LogP contribution is -2.35. The van der Waals surface area contributed by atoms with E-state index in [0.717, 1.165) is 28.7 Å². The average molecular weight is 374 g/mol. The summed E-state index contributed by atoms with van der Waals surface area (Å²) in [4.78, 5) is 11.1. The Labute approximate surface area is 166 Å². The number of aliphatic hydroxyl groups is 1. The van der Waals surface area contributed by atoms with Gasteiger partial charge >= 0.3 is 0 Å². The Balaban J connectivity index is 1.84. The Kier molecular flexibility index (Phi) is 4.96. The molecule has 1 aliphatic rings. The van der Waals surface area contributed by atoms with Gasteiger partial charge in [-0.2, -0.15) is 4.89 Å². The smallest absolute Gasteiger partial charge is 0.205 e. The van der Waals surface area contributed by atoms with Crippen LogP contribution in [0.3, 0.4) is 0 Å². The van der Waals surface area contributed by atoms with Crippen molar-refractivity contribution in [3.63, 3.8) is 0 Å². The molecule has 0 amide bonds. The van der Waals surface area contributed by atoms with Crippen LogP contribution in [0.4, 0.5) is 0 Å². The van der Waals surface area contributed by atoms with Crippen molar-refractivity contribution in [2.24, 2.45) is 5.41 Å². The molecule has 3 aromatic carbocycles. The van der Waals surface area contributed by atoms with Crippen LogP contribution < -0.4 is 4.89 Å². The minimum absolute atomic E-state index is 0.491. The lowest BCUT2D eigenvalue weighted by Gasteiger charge is -2.31. The SMILES string of the molecule is CCc1ccc(-c2ccc3cc2OOC(O)C(C)(C)Cc2ccccc2-3)cc1. The molecule has 0 saturated heterocycles. The molecule has 0 aromatic heterocycles. The Morgan fingerprint density at radius 2 is 1.64 bits per heavy atom. The monoisotopic (exact) mass is 374 g/mol. The van der Waals surface area contributed by atoms with E-state index in [9.17, 15) is 5.11 Å². The van der Waals surface area contributed by atoms with Crippen LogP contribution >= 0.6 is 0 Å². The van der Waals surface area contributed by atoms with Crippen LogP contribution in [0.5, 0.6) is 5.75 Å². The summed E-state index contributed by atoms with van der Waals surface area (Å²) in [6, 6.07) is 22.9. The predicted octanol–water partition coefficient (Wildman–Crippen LogP) is 5.79. The third-order valence-corrected chi connectivity index (χ3v) is 5.53. The molecule has 2 bridgehead atoms. The molecular formula is C25H26O3. The highest BCUT2D eigenvalue weighted by atomic mass is 17.2. The second kappa shape index (κ2) is 7.42. The molecule has 0 saturated carbocycles.